The van der Waals surface area contributed by atoms with Crippen LogP contribution in [-0.2, 0) is 13.0 Å². The van der Waals surface area contributed by atoms with Crippen LogP contribution >= 0.6 is 11.8 Å². The Bertz CT molecular complexity index is 1300. The molecule has 0 aliphatic heterocycles. The number of rotatable bonds is 12. The number of anilines is 1. The molecule has 0 aromatic heterocycles. The fourth-order valence-corrected chi connectivity index (χ4v) is 4.11. The zero-order valence-electron chi connectivity index (χ0n) is 20.6. The molecule has 2 N–H and O–H groups in total. The van der Waals surface area contributed by atoms with E-state index in [2.05, 4.69) is 10.1 Å². The topological polar surface area (TPSA) is 50.7 Å². The van der Waals surface area contributed by atoms with Gasteiger partial charge < -0.3 is 19.9 Å². The monoisotopic (exact) mass is 617 g/mol. The molecule has 0 radical (unpaired) electrons. The first-order chi connectivity index (χ1) is 19.0. The van der Waals surface area contributed by atoms with Gasteiger partial charge in [-0.2, -0.15) is 43.9 Å². The van der Waals surface area contributed by atoms with Gasteiger partial charge in [-0.15, -0.1) is 0 Å². The molecule has 0 fully saturated rings. The smallest absolute Gasteiger partial charge is 0.461 e. The average Bonchev–Trinajstić information content (AvgIpc) is 2.85. The number of hydrogen-bond acceptors (Lipinski definition) is 5. The van der Waals surface area contributed by atoms with Crippen LogP contribution in [0.1, 0.15) is 16.7 Å². The molecule has 4 nitrogen and oxygen atoms in total. The molecule has 0 aliphatic carbocycles. The summed E-state index contributed by atoms with van der Waals surface area (Å²) in [4.78, 5) is -0.104. The molecule has 0 heterocycles. The van der Waals surface area contributed by atoms with Gasteiger partial charge in [0.2, 0.25) is 0 Å². The van der Waals surface area contributed by atoms with Crippen molar-refractivity contribution in [1.82, 2.24) is 0 Å². The van der Waals surface area contributed by atoms with Crippen molar-refractivity contribution in [2.45, 2.75) is 48.2 Å². The highest BCUT2D eigenvalue weighted by molar-refractivity contribution is 8.00. The molecule has 0 saturated carbocycles. The Morgan fingerprint density at radius 2 is 1.49 bits per heavy atom. The van der Waals surface area contributed by atoms with E-state index in [-0.39, 0.29) is 52.2 Å². The highest BCUT2D eigenvalue weighted by Crippen LogP contribution is 2.37. The number of halogens is 10. The van der Waals surface area contributed by atoms with Gasteiger partial charge in [-0.3, -0.25) is 0 Å². The van der Waals surface area contributed by atoms with Gasteiger partial charge >= 0.3 is 24.2 Å². The van der Waals surface area contributed by atoms with E-state index in [0.29, 0.717) is 5.56 Å². The summed E-state index contributed by atoms with van der Waals surface area (Å²) in [5.41, 5.74) is -3.74. The van der Waals surface area contributed by atoms with E-state index in [1.165, 1.54) is 54.6 Å². The van der Waals surface area contributed by atoms with Crippen LogP contribution in [0.25, 0.3) is 0 Å². The molecule has 41 heavy (non-hydrogen) atoms. The number of hydrogen-bond donors (Lipinski definition) is 2. The van der Waals surface area contributed by atoms with E-state index >= 15 is 0 Å². The van der Waals surface area contributed by atoms with Crippen LogP contribution in [0, 0.1) is 0 Å². The lowest BCUT2D eigenvalue weighted by atomic mass is 10.0. The molecule has 0 bridgehead atoms. The number of ether oxygens (including phenoxy) is 2. The van der Waals surface area contributed by atoms with Crippen LogP contribution in [0.5, 0.6) is 11.5 Å². The van der Waals surface area contributed by atoms with Crippen molar-refractivity contribution < 1.29 is 58.5 Å². The number of thioether (sulfide) groups is 1. The predicted molar refractivity (Wildman–Crippen MR) is 131 cm³/mol. The molecule has 0 saturated heterocycles. The van der Waals surface area contributed by atoms with Gasteiger partial charge in [-0.25, -0.2) is 0 Å². The summed E-state index contributed by atoms with van der Waals surface area (Å²) in [6.07, 6.45) is -16.7. The number of alkyl halides is 10. The maximum absolute atomic E-state index is 13.4. The van der Waals surface area contributed by atoms with Gasteiger partial charge in [0.15, 0.2) is 6.10 Å². The lowest BCUT2D eigenvalue weighted by Gasteiger charge is -2.20. The summed E-state index contributed by atoms with van der Waals surface area (Å²) in [5.74, 6) is -0.540. The van der Waals surface area contributed by atoms with Crippen LogP contribution in [0.4, 0.5) is 49.6 Å². The molecule has 3 rings (SSSR count). The third-order valence-electron chi connectivity index (χ3n) is 5.31. The summed E-state index contributed by atoms with van der Waals surface area (Å²) < 4.78 is 139. The predicted octanol–water partition coefficient (Wildman–Crippen LogP) is 8.04. The molecule has 224 valence electrons. The van der Waals surface area contributed by atoms with Crippen LogP contribution in [0.2, 0.25) is 0 Å². The van der Waals surface area contributed by atoms with Crippen LogP contribution in [0.3, 0.4) is 0 Å². The van der Waals surface area contributed by atoms with Crippen molar-refractivity contribution in [3.8, 4) is 11.5 Å². The Labute approximate surface area is 231 Å². The first-order valence-electron chi connectivity index (χ1n) is 11.6. The van der Waals surface area contributed by atoms with Gasteiger partial charge in [-0.1, -0.05) is 30.3 Å². The van der Waals surface area contributed by atoms with Crippen LogP contribution < -0.4 is 14.8 Å². The third kappa shape index (κ3) is 9.92. The maximum atomic E-state index is 13.4. The quantitative estimate of drug-likeness (QED) is 0.159. The van der Waals surface area contributed by atoms with E-state index in [0.717, 1.165) is 12.1 Å². The molecule has 0 spiro atoms. The van der Waals surface area contributed by atoms with E-state index in [9.17, 15) is 49.0 Å². The van der Waals surface area contributed by atoms with Gasteiger partial charge in [0.1, 0.15) is 18.1 Å². The molecule has 0 unspecified atom stereocenters. The van der Waals surface area contributed by atoms with Crippen LogP contribution in [0.15, 0.2) is 71.6 Å². The van der Waals surface area contributed by atoms with Crippen molar-refractivity contribution in [2.24, 2.45) is 0 Å². The van der Waals surface area contributed by atoms with Gasteiger partial charge in [0, 0.05) is 29.1 Å². The minimum atomic E-state index is -4.93. The molecule has 3 aromatic rings. The second-order valence-electron chi connectivity index (χ2n) is 8.49. The SMILES string of the molecule is O[C@H](CNc1cccc(OCc2cccc(SC(F)(F)F)c2)c1Cc1cccc(OC(F)(F)C(F)F)c1)C(F)(F)F. The first kappa shape index (κ1) is 32.2. The van der Waals surface area contributed by atoms with E-state index in [4.69, 9.17) is 4.74 Å². The summed E-state index contributed by atoms with van der Waals surface area (Å²) in [5, 5.41) is 11.8. The zero-order chi connectivity index (χ0) is 30.4. The van der Waals surface area contributed by atoms with Gasteiger partial charge in [0.05, 0.1) is 0 Å². The number of nitrogens with one attached hydrogen (secondary N) is 1. The molecule has 0 aliphatic rings. The fourth-order valence-electron chi connectivity index (χ4n) is 3.49. The number of benzene rings is 3. The zero-order valence-corrected chi connectivity index (χ0v) is 21.4. The Morgan fingerprint density at radius 1 is 0.829 bits per heavy atom. The Hall–Kier alpha value is -3.33. The standard InChI is InChI=1S/C26H21F10NO3S/c27-23(28)25(32,33)40-17-6-1-4-15(10-17)12-19-20(37-13-22(38)24(29,30)31)8-3-9-21(19)39-14-16-5-2-7-18(11-16)41-26(34,35)36/h1-11,22-23,37-38H,12-14H2/t22-/m1/s1. The third-order valence-corrected chi connectivity index (χ3v) is 6.03. The van der Waals surface area contributed by atoms with Gasteiger partial charge in [0.25, 0.3) is 0 Å². The summed E-state index contributed by atoms with van der Waals surface area (Å²) in [6, 6.07) is 14.2. The summed E-state index contributed by atoms with van der Waals surface area (Å²) >= 11 is -0.331. The van der Waals surface area contributed by atoms with E-state index < -0.39 is 42.6 Å². The summed E-state index contributed by atoms with van der Waals surface area (Å²) in [7, 11) is 0. The van der Waals surface area contributed by atoms with E-state index in [1.807, 2.05) is 0 Å². The molecule has 3 aromatic carbocycles. The highest BCUT2D eigenvalue weighted by atomic mass is 32.2. The average molecular weight is 618 g/mol. The minimum absolute atomic E-state index is 0.0522. The van der Waals surface area contributed by atoms with Crippen molar-refractivity contribution >= 4 is 17.4 Å². The fraction of sp³-hybridized carbons (Fsp3) is 0.308. The Balaban J connectivity index is 1.90. The largest absolute Gasteiger partial charge is 0.489 e. The molecule has 0 amide bonds. The Morgan fingerprint density at radius 3 is 2.15 bits per heavy atom. The van der Waals surface area contributed by atoms with Gasteiger partial charge in [-0.05, 0) is 59.3 Å². The van der Waals surface area contributed by atoms with Crippen molar-refractivity contribution in [1.29, 1.82) is 0 Å². The normalized spacial score (nSPS) is 13.3. The highest BCUT2D eigenvalue weighted by Gasteiger charge is 2.44. The number of aliphatic hydroxyl groups is 1. The van der Waals surface area contributed by atoms with Crippen LogP contribution in [-0.4, -0.2) is 42.0 Å². The molecule has 1 atom stereocenters. The summed E-state index contributed by atoms with van der Waals surface area (Å²) in [6.45, 7) is -1.21. The van der Waals surface area contributed by atoms with Crippen molar-refractivity contribution in [3.63, 3.8) is 0 Å². The molecular weight excluding hydrogens is 596 g/mol. The second kappa shape index (κ2) is 13.1. The number of aliphatic hydroxyl groups excluding tert-OH is 1. The minimum Gasteiger partial charge on any atom is -0.489 e. The first-order valence-corrected chi connectivity index (χ1v) is 12.4. The second-order valence-corrected chi connectivity index (χ2v) is 9.63. The maximum Gasteiger partial charge on any atom is 0.461 e. The van der Waals surface area contributed by atoms with Crippen molar-refractivity contribution in [2.75, 3.05) is 11.9 Å². The van der Waals surface area contributed by atoms with Crippen molar-refractivity contribution in [3.05, 3.63) is 83.4 Å². The van der Waals surface area contributed by atoms with E-state index in [1.54, 1.807) is 0 Å². The lowest BCUT2D eigenvalue weighted by molar-refractivity contribution is -0.253. The molecule has 15 heteroatoms. The Kier molecular flexibility index (Phi) is 10.3. The molecular formula is C26H21F10NO3S. The lowest BCUT2D eigenvalue weighted by Crippen LogP contribution is -2.35.